The fraction of sp³-hybridized carbons (Fsp3) is 0.400. The molecule has 0 radical (unpaired) electrons. The number of benzene rings is 1. The zero-order valence-electron chi connectivity index (χ0n) is 11.3. The van der Waals surface area contributed by atoms with Crippen molar-refractivity contribution in [2.75, 3.05) is 43.4 Å². The molecule has 0 saturated carbocycles. The number of rotatable bonds is 2. The molecule has 0 bridgehead atoms. The Morgan fingerprint density at radius 1 is 1.11 bits per heavy atom. The predicted molar refractivity (Wildman–Crippen MR) is 80.5 cm³/mol. The second kappa shape index (κ2) is 5.05. The molecule has 19 heavy (non-hydrogen) atoms. The van der Waals surface area contributed by atoms with Crippen LogP contribution in [0.4, 0.5) is 11.5 Å². The van der Waals surface area contributed by atoms with Gasteiger partial charge in [0, 0.05) is 48.8 Å². The Balaban J connectivity index is 1.95. The van der Waals surface area contributed by atoms with Crippen molar-refractivity contribution < 1.29 is 0 Å². The lowest BCUT2D eigenvalue weighted by Gasteiger charge is -2.35. The molecule has 0 spiro atoms. The van der Waals surface area contributed by atoms with Gasteiger partial charge < -0.3 is 15.5 Å². The van der Waals surface area contributed by atoms with Gasteiger partial charge in [-0.3, -0.25) is 0 Å². The van der Waals surface area contributed by atoms with E-state index in [0.717, 1.165) is 55.0 Å². The lowest BCUT2D eigenvalue weighted by Crippen LogP contribution is -2.46. The quantitative estimate of drug-likeness (QED) is 0.834. The van der Waals surface area contributed by atoms with Gasteiger partial charge in [-0.1, -0.05) is 19.1 Å². The first-order valence-corrected chi connectivity index (χ1v) is 6.90. The molecule has 100 valence electrons. The van der Waals surface area contributed by atoms with Gasteiger partial charge in [-0.15, -0.1) is 0 Å². The number of nitrogens with zero attached hydrogens (tertiary/aromatic N) is 3. The fourth-order valence-corrected chi connectivity index (χ4v) is 2.74. The Morgan fingerprint density at radius 3 is 2.63 bits per heavy atom. The maximum atomic E-state index is 6.04. The summed E-state index contributed by atoms with van der Waals surface area (Å²) in [5, 5.41) is 2.26. The number of likely N-dealkylation sites (N-methyl/N-ethyl adjacent to an activating group) is 1. The van der Waals surface area contributed by atoms with E-state index in [2.05, 4.69) is 27.8 Å². The van der Waals surface area contributed by atoms with Gasteiger partial charge in [-0.2, -0.15) is 0 Å². The van der Waals surface area contributed by atoms with Gasteiger partial charge in [0.25, 0.3) is 0 Å². The molecular weight excluding hydrogens is 236 g/mol. The summed E-state index contributed by atoms with van der Waals surface area (Å²) in [5.74, 6) is 1.07. The van der Waals surface area contributed by atoms with Crippen LogP contribution in [0.25, 0.3) is 10.8 Å². The average molecular weight is 256 g/mol. The first-order valence-electron chi connectivity index (χ1n) is 6.90. The van der Waals surface area contributed by atoms with Crippen molar-refractivity contribution in [1.29, 1.82) is 0 Å². The summed E-state index contributed by atoms with van der Waals surface area (Å²) >= 11 is 0. The highest BCUT2D eigenvalue weighted by molar-refractivity contribution is 5.99. The van der Waals surface area contributed by atoms with Crippen molar-refractivity contribution >= 4 is 22.3 Å². The lowest BCUT2D eigenvalue weighted by atomic mass is 10.1. The molecule has 2 aromatic rings. The van der Waals surface area contributed by atoms with Gasteiger partial charge in [-0.05, 0) is 18.7 Å². The van der Waals surface area contributed by atoms with Gasteiger partial charge in [0.1, 0.15) is 5.82 Å². The molecule has 0 aliphatic carbocycles. The minimum Gasteiger partial charge on any atom is -0.398 e. The molecule has 2 N–H and O–H groups in total. The monoisotopic (exact) mass is 256 g/mol. The molecule has 3 rings (SSSR count). The van der Waals surface area contributed by atoms with E-state index in [1.165, 1.54) is 0 Å². The van der Waals surface area contributed by atoms with Gasteiger partial charge in [0.05, 0.1) is 0 Å². The molecule has 1 fully saturated rings. The van der Waals surface area contributed by atoms with E-state index in [9.17, 15) is 0 Å². The fourth-order valence-electron chi connectivity index (χ4n) is 2.74. The van der Waals surface area contributed by atoms with Crippen molar-refractivity contribution in [3.63, 3.8) is 0 Å². The van der Waals surface area contributed by atoms with Crippen molar-refractivity contribution in [2.45, 2.75) is 6.92 Å². The van der Waals surface area contributed by atoms with Crippen LogP contribution in [0, 0.1) is 0 Å². The second-order valence-electron chi connectivity index (χ2n) is 5.00. The highest BCUT2D eigenvalue weighted by Gasteiger charge is 2.18. The number of hydrogen-bond donors (Lipinski definition) is 1. The average Bonchev–Trinajstić information content (AvgIpc) is 2.47. The van der Waals surface area contributed by atoms with E-state index >= 15 is 0 Å². The van der Waals surface area contributed by atoms with Gasteiger partial charge in [-0.25, -0.2) is 4.98 Å². The molecule has 0 atom stereocenters. The molecule has 2 heterocycles. The molecule has 1 aliphatic rings. The Kier molecular flexibility index (Phi) is 3.25. The van der Waals surface area contributed by atoms with Crippen LogP contribution in [0.2, 0.25) is 0 Å². The van der Waals surface area contributed by atoms with Gasteiger partial charge in [0.15, 0.2) is 0 Å². The van der Waals surface area contributed by atoms with Gasteiger partial charge in [0.2, 0.25) is 0 Å². The SMILES string of the molecule is CCN1CCN(c2nccc3c(N)cccc23)CC1. The molecule has 1 aromatic heterocycles. The Morgan fingerprint density at radius 2 is 1.89 bits per heavy atom. The van der Waals surface area contributed by atoms with Crippen LogP contribution in [0.15, 0.2) is 30.5 Å². The minimum absolute atomic E-state index is 0.827. The van der Waals surface area contributed by atoms with Crippen molar-refractivity contribution in [3.05, 3.63) is 30.5 Å². The summed E-state index contributed by atoms with van der Waals surface area (Å²) < 4.78 is 0. The van der Waals surface area contributed by atoms with E-state index in [0.29, 0.717) is 0 Å². The van der Waals surface area contributed by atoms with Crippen LogP contribution >= 0.6 is 0 Å². The van der Waals surface area contributed by atoms with Crippen molar-refractivity contribution in [3.8, 4) is 0 Å². The summed E-state index contributed by atoms with van der Waals surface area (Å²) in [6, 6.07) is 8.06. The molecule has 1 aromatic carbocycles. The zero-order chi connectivity index (χ0) is 13.2. The molecule has 4 heteroatoms. The maximum absolute atomic E-state index is 6.04. The second-order valence-corrected chi connectivity index (χ2v) is 5.00. The summed E-state index contributed by atoms with van der Waals surface area (Å²) in [7, 11) is 0. The Hall–Kier alpha value is -1.81. The number of piperazine rings is 1. The number of nitrogens with two attached hydrogens (primary N) is 1. The van der Waals surface area contributed by atoms with Crippen molar-refractivity contribution in [1.82, 2.24) is 9.88 Å². The smallest absolute Gasteiger partial charge is 0.136 e. The highest BCUT2D eigenvalue weighted by Crippen LogP contribution is 2.28. The number of fused-ring (bicyclic) bond motifs is 1. The number of pyridine rings is 1. The molecule has 0 amide bonds. The van der Waals surface area contributed by atoms with E-state index in [-0.39, 0.29) is 0 Å². The molecule has 0 unspecified atom stereocenters. The molecule has 1 aliphatic heterocycles. The normalized spacial score (nSPS) is 17.0. The van der Waals surface area contributed by atoms with E-state index < -0.39 is 0 Å². The summed E-state index contributed by atoms with van der Waals surface area (Å²) in [6.07, 6.45) is 1.86. The first kappa shape index (κ1) is 12.2. The van der Waals surface area contributed by atoms with Gasteiger partial charge >= 0.3 is 0 Å². The summed E-state index contributed by atoms with van der Waals surface area (Å²) in [5.41, 5.74) is 6.87. The predicted octanol–water partition coefficient (Wildman–Crippen LogP) is 1.96. The van der Waals surface area contributed by atoms with Crippen LogP contribution < -0.4 is 10.6 Å². The molecule has 1 saturated heterocycles. The summed E-state index contributed by atoms with van der Waals surface area (Å²) in [4.78, 5) is 9.41. The molecular formula is C15H20N4. The zero-order valence-corrected chi connectivity index (χ0v) is 11.3. The number of hydrogen-bond acceptors (Lipinski definition) is 4. The van der Waals surface area contributed by atoms with Crippen LogP contribution in [-0.4, -0.2) is 42.6 Å². The summed E-state index contributed by atoms with van der Waals surface area (Å²) in [6.45, 7) is 7.63. The Labute approximate surface area is 113 Å². The standard InChI is InChI=1S/C15H20N4/c1-2-18-8-10-19(11-9-18)15-13-4-3-5-14(16)12(13)6-7-17-15/h3-7H,2,8-11,16H2,1H3. The molecule has 4 nitrogen and oxygen atoms in total. The maximum Gasteiger partial charge on any atom is 0.136 e. The van der Waals surface area contributed by atoms with Crippen LogP contribution in [0.5, 0.6) is 0 Å². The van der Waals surface area contributed by atoms with Crippen LogP contribution in [-0.2, 0) is 0 Å². The lowest BCUT2D eigenvalue weighted by molar-refractivity contribution is 0.271. The topological polar surface area (TPSA) is 45.4 Å². The minimum atomic E-state index is 0.827. The third-order valence-corrected chi connectivity index (χ3v) is 3.94. The highest BCUT2D eigenvalue weighted by atomic mass is 15.3. The number of anilines is 2. The van der Waals surface area contributed by atoms with Crippen LogP contribution in [0.1, 0.15) is 6.92 Å². The largest absolute Gasteiger partial charge is 0.398 e. The third-order valence-electron chi connectivity index (χ3n) is 3.94. The Bertz CT molecular complexity index is 573. The van der Waals surface area contributed by atoms with E-state index in [1.807, 2.05) is 24.4 Å². The van der Waals surface area contributed by atoms with E-state index in [1.54, 1.807) is 0 Å². The first-order chi connectivity index (χ1) is 9.29. The van der Waals surface area contributed by atoms with E-state index in [4.69, 9.17) is 5.73 Å². The number of nitrogen functional groups attached to an aromatic ring is 1. The van der Waals surface area contributed by atoms with Crippen LogP contribution in [0.3, 0.4) is 0 Å². The third kappa shape index (κ3) is 2.24. The van der Waals surface area contributed by atoms with Crippen molar-refractivity contribution in [2.24, 2.45) is 0 Å². The number of aromatic nitrogens is 1.